The maximum atomic E-state index is 4.62. The van der Waals surface area contributed by atoms with Crippen molar-refractivity contribution < 1.29 is 0 Å². The summed E-state index contributed by atoms with van der Waals surface area (Å²) in [4.78, 5) is 9.72. The number of nitrogens with zero attached hydrogens (tertiary/aromatic N) is 3. The summed E-state index contributed by atoms with van der Waals surface area (Å²) >= 11 is 0. The van der Waals surface area contributed by atoms with Gasteiger partial charge in [-0.2, -0.15) is 0 Å². The highest BCUT2D eigenvalue weighted by atomic mass is 15.3. The van der Waals surface area contributed by atoms with Gasteiger partial charge in [-0.3, -0.25) is 9.88 Å². The third kappa shape index (κ3) is 3.78. The van der Waals surface area contributed by atoms with Crippen LogP contribution >= 0.6 is 0 Å². The van der Waals surface area contributed by atoms with Crippen LogP contribution in [0.5, 0.6) is 0 Å². The second kappa shape index (κ2) is 7.72. The third-order valence-electron chi connectivity index (χ3n) is 4.31. The molecule has 0 spiro atoms. The monoisotopic (exact) mass is 276 g/mol. The minimum atomic E-state index is 0.396. The summed E-state index contributed by atoms with van der Waals surface area (Å²) in [5.41, 5.74) is 1.20. The van der Waals surface area contributed by atoms with Crippen LogP contribution in [0.4, 0.5) is 0 Å². The minimum Gasteiger partial charge on any atom is -0.314 e. The number of hydrogen-bond acceptors (Lipinski definition) is 4. The SMILES string of the molecule is CCN(CC)CC(c1ccccn1)N1CCNCC1C. The molecule has 1 aliphatic heterocycles. The van der Waals surface area contributed by atoms with E-state index < -0.39 is 0 Å². The Labute approximate surface area is 123 Å². The number of rotatable bonds is 6. The first-order valence-corrected chi connectivity index (χ1v) is 7.86. The van der Waals surface area contributed by atoms with Crippen LogP contribution in [0.3, 0.4) is 0 Å². The van der Waals surface area contributed by atoms with E-state index in [-0.39, 0.29) is 0 Å². The molecule has 0 amide bonds. The molecule has 4 heteroatoms. The predicted molar refractivity (Wildman–Crippen MR) is 83.8 cm³/mol. The highest BCUT2D eigenvalue weighted by Gasteiger charge is 2.28. The van der Waals surface area contributed by atoms with Crippen LogP contribution in [0.2, 0.25) is 0 Å². The fraction of sp³-hybridized carbons (Fsp3) is 0.688. The van der Waals surface area contributed by atoms with E-state index in [1.807, 2.05) is 12.3 Å². The summed E-state index contributed by atoms with van der Waals surface area (Å²) in [6.45, 7) is 13.3. The second-order valence-corrected chi connectivity index (χ2v) is 5.55. The van der Waals surface area contributed by atoms with Crippen molar-refractivity contribution in [2.45, 2.75) is 32.9 Å². The molecule has 0 bridgehead atoms. The third-order valence-corrected chi connectivity index (χ3v) is 4.31. The minimum absolute atomic E-state index is 0.396. The Morgan fingerprint density at radius 3 is 2.80 bits per heavy atom. The summed E-state index contributed by atoms with van der Waals surface area (Å²) in [5.74, 6) is 0. The molecule has 1 N–H and O–H groups in total. The molecule has 0 saturated carbocycles. The molecule has 112 valence electrons. The maximum Gasteiger partial charge on any atom is 0.0652 e. The van der Waals surface area contributed by atoms with Crippen LogP contribution in [0.15, 0.2) is 24.4 Å². The Hall–Kier alpha value is -0.970. The largest absolute Gasteiger partial charge is 0.314 e. The normalized spacial score (nSPS) is 22.1. The van der Waals surface area contributed by atoms with Gasteiger partial charge in [0.15, 0.2) is 0 Å². The van der Waals surface area contributed by atoms with E-state index in [9.17, 15) is 0 Å². The van der Waals surface area contributed by atoms with Crippen LogP contribution in [0.25, 0.3) is 0 Å². The lowest BCUT2D eigenvalue weighted by Crippen LogP contribution is -2.53. The summed E-state index contributed by atoms with van der Waals surface area (Å²) < 4.78 is 0. The van der Waals surface area contributed by atoms with E-state index >= 15 is 0 Å². The average molecular weight is 276 g/mol. The zero-order chi connectivity index (χ0) is 14.4. The van der Waals surface area contributed by atoms with Gasteiger partial charge in [0.25, 0.3) is 0 Å². The van der Waals surface area contributed by atoms with Gasteiger partial charge in [-0.25, -0.2) is 0 Å². The molecule has 20 heavy (non-hydrogen) atoms. The van der Waals surface area contributed by atoms with Crippen LogP contribution in [-0.4, -0.2) is 60.1 Å². The van der Waals surface area contributed by atoms with Crippen molar-refractivity contribution >= 4 is 0 Å². The van der Waals surface area contributed by atoms with E-state index in [0.29, 0.717) is 12.1 Å². The van der Waals surface area contributed by atoms with E-state index in [2.05, 4.69) is 53.0 Å². The van der Waals surface area contributed by atoms with Crippen molar-refractivity contribution in [1.82, 2.24) is 20.1 Å². The summed E-state index contributed by atoms with van der Waals surface area (Å²) in [5, 5.41) is 3.48. The molecule has 1 saturated heterocycles. The van der Waals surface area contributed by atoms with Crippen LogP contribution in [-0.2, 0) is 0 Å². The van der Waals surface area contributed by atoms with Gasteiger partial charge in [0, 0.05) is 38.4 Å². The zero-order valence-electron chi connectivity index (χ0n) is 13.0. The fourth-order valence-electron chi connectivity index (χ4n) is 2.99. The molecule has 1 aromatic rings. The number of hydrogen-bond donors (Lipinski definition) is 1. The Bertz CT molecular complexity index is 377. The molecule has 4 nitrogen and oxygen atoms in total. The molecule has 2 unspecified atom stereocenters. The molecular formula is C16H28N4. The van der Waals surface area contributed by atoms with Crippen molar-refractivity contribution in [3.63, 3.8) is 0 Å². The second-order valence-electron chi connectivity index (χ2n) is 5.55. The van der Waals surface area contributed by atoms with Crippen LogP contribution in [0.1, 0.15) is 32.5 Å². The highest BCUT2D eigenvalue weighted by molar-refractivity contribution is 5.10. The van der Waals surface area contributed by atoms with Crippen molar-refractivity contribution in [1.29, 1.82) is 0 Å². The number of aromatic nitrogens is 1. The average Bonchev–Trinajstić information content (AvgIpc) is 2.51. The van der Waals surface area contributed by atoms with Gasteiger partial charge in [0.05, 0.1) is 11.7 Å². The standard InChI is InChI=1S/C16H28N4/c1-4-19(5-2)13-16(15-8-6-7-9-18-15)20-11-10-17-12-14(20)3/h6-9,14,16-17H,4-5,10-13H2,1-3H3. The van der Waals surface area contributed by atoms with E-state index in [4.69, 9.17) is 0 Å². The Kier molecular flexibility index (Phi) is 5.95. The number of likely N-dealkylation sites (N-methyl/N-ethyl adjacent to an activating group) is 1. The predicted octanol–water partition coefficient (Wildman–Crippen LogP) is 1.76. The molecule has 2 atom stereocenters. The topological polar surface area (TPSA) is 31.4 Å². The first-order valence-electron chi connectivity index (χ1n) is 7.86. The van der Waals surface area contributed by atoms with Gasteiger partial charge >= 0.3 is 0 Å². The first-order chi connectivity index (χ1) is 9.76. The smallest absolute Gasteiger partial charge is 0.0652 e. The summed E-state index contributed by atoms with van der Waals surface area (Å²) in [7, 11) is 0. The molecule has 0 radical (unpaired) electrons. The van der Waals surface area contributed by atoms with Crippen molar-refractivity contribution in [3.8, 4) is 0 Å². The molecule has 1 aliphatic rings. The molecular weight excluding hydrogens is 248 g/mol. The van der Waals surface area contributed by atoms with Crippen LogP contribution < -0.4 is 5.32 Å². The summed E-state index contributed by atoms with van der Waals surface area (Å²) in [6, 6.07) is 7.23. The van der Waals surface area contributed by atoms with Gasteiger partial charge in [0.1, 0.15) is 0 Å². The van der Waals surface area contributed by atoms with Crippen molar-refractivity contribution in [3.05, 3.63) is 30.1 Å². The first kappa shape index (κ1) is 15.4. The summed E-state index contributed by atoms with van der Waals surface area (Å²) in [6.07, 6.45) is 1.91. The Balaban J connectivity index is 2.19. The molecule has 0 aliphatic carbocycles. The molecule has 2 rings (SSSR count). The van der Waals surface area contributed by atoms with E-state index in [1.54, 1.807) is 0 Å². The maximum absolute atomic E-state index is 4.62. The van der Waals surface area contributed by atoms with Gasteiger partial charge in [0.2, 0.25) is 0 Å². The van der Waals surface area contributed by atoms with E-state index in [0.717, 1.165) is 39.3 Å². The van der Waals surface area contributed by atoms with Crippen LogP contribution in [0, 0.1) is 0 Å². The van der Waals surface area contributed by atoms with Gasteiger partial charge in [-0.05, 0) is 32.1 Å². The zero-order valence-corrected chi connectivity index (χ0v) is 13.0. The lowest BCUT2D eigenvalue weighted by molar-refractivity contribution is 0.0848. The quantitative estimate of drug-likeness (QED) is 0.858. The molecule has 1 aromatic heterocycles. The Morgan fingerprint density at radius 2 is 2.20 bits per heavy atom. The Morgan fingerprint density at radius 1 is 1.40 bits per heavy atom. The molecule has 1 fully saturated rings. The number of nitrogens with one attached hydrogen (secondary N) is 1. The van der Waals surface area contributed by atoms with Crippen molar-refractivity contribution in [2.75, 3.05) is 39.3 Å². The van der Waals surface area contributed by atoms with Gasteiger partial charge < -0.3 is 10.2 Å². The lowest BCUT2D eigenvalue weighted by atomic mass is 10.1. The van der Waals surface area contributed by atoms with E-state index in [1.165, 1.54) is 5.69 Å². The number of pyridine rings is 1. The lowest BCUT2D eigenvalue weighted by Gasteiger charge is -2.41. The number of piperazine rings is 1. The van der Waals surface area contributed by atoms with Crippen molar-refractivity contribution in [2.24, 2.45) is 0 Å². The highest BCUT2D eigenvalue weighted by Crippen LogP contribution is 2.23. The van der Waals surface area contributed by atoms with Gasteiger partial charge in [-0.1, -0.05) is 19.9 Å². The molecule has 0 aromatic carbocycles. The van der Waals surface area contributed by atoms with Gasteiger partial charge in [-0.15, -0.1) is 0 Å². The molecule has 2 heterocycles. The fourth-order valence-corrected chi connectivity index (χ4v) is 2.99.